The summed E-state index contributed by atoms with van der Waals surface area (Å²) in [5.74, 6) is 0.879. The minimum absolute atomic E-state index is 0.664. The Hall–Kier alpha value is -1.83. The average Bonchev–Trinajstić information content (AvgIpc) is 2.31. The predicted molar refractivity (Wildman–Crippen MR) is 59.7 cm³/mol. The molecule has 0 unspecified atom stereocenters. The maximum atomic E-state index is 5.54. The van der Waals surface area contributed by atoms with E-state index in [0.29, 0.717) is 6.61 Å². The van der Waals surface area contributed by atoms with Gasteiger partial charge in [0.25, 0.3) is 0 Å². The minimum Gasteiger partial charge on any atom is -0.493 e. The second-order valence-electron chi connectivity index (χ2n) is 3.09. The van der Waals surface area contributed by atoms with Gasteiger partial charge in [-0.3, -0.25) is 4.98 Å². The lowest BCUT2D eigenvalue weighted by atomic mass is 10.1. The van der Waals surface area contributed by atoms with Crippen LogP contribution in [0, 0.1) is 6.20 Å². The van der Waals surface area contributed by atoms with E-state index >= 15 is 0 Å². The molecule has 2 aromatic rings. The standard InChI is InChI=1S/C13H12NO/c1-2-15-13-8-4-3-7-12(13)11-6-5-9-14-10-11/h3-9H,2H2,1H3. The second kappa shape index (κ2) is 4.60. The van der Waals surface area contributed by atoms with Crippen molar-refractivity contribution in [3.63, 3.8) is 0 Å². The SMILES string of the molecule is CCOc1ccccc1-c1[c]nccc1. The van der Waals surface area contributed by atoms with Crippen molar-refractivity contribution in [1.29, 1.82) is 0 Å². The van der Waals surface area contributed by atoms with Crippen molar-refractivity contribution < 1.29 is 4.74 Å². The summed E-state index contributed by atoms with van der Waals surface area (Å²) in [4.78, 5) is 3.98. The van der Waals surface area contributed by atoms with Gasteiger partial charge in [0.05, 0.1) is 12.8 Å². The van der Waals surface area contributed by atoms with Crippen LogP contribution in [0.5, 0.6) is 5.75 Å². The molecule has 1 heterocycles. The lowest BCUT2D eigenvalue weighted by Gasteiger charge is -2.08. The summed E-state index contributed by atoms with van der Waals surface area (Å²) in [7, 11) is 0. The summed E-state index contributed by atoms with van der Waals surface area (Å²) in [5.41, 5.74) is 1.99. The summed E-state index contributed by atoms with van der Waals surface area (Å²) in [6, 6.07) is 11.8. The highest BCUT2D eigenvalue weighted by Gasteiger charge is 2.04. The third-order valence-electron chi connectivity index (χ3n) is 2.09. The number of ether oxygens (including phenoxy) is 1. The number of para-hydroxylation sites is 1. The van der Waals surface area contributed by atoms with Crippen LogP contribution >= 0.6 is 0 Å². The third kappa shape index (κ3) is 2.15. The molecular weight excluding hydrogens is 186 g/mol. The first kappa shape index (κ1) is 9.71. The molecule has 0 spiro atoms. The van der Waals surface area contributed by atoms with Crippen LogP contribution in [0.3, 0.4) is 0 Å². The van der Waals surface area contributed by atoms with Crippen molar-refractivity contribution in [3.8, 4) is 16.9 Å². The Morgan fingerprint density at radius 1 is 1.20 bits per heavy atom. The monoisotopic (exact) mass is 198 g/mol. The normalized spacial score (nSPS) is 9.93. The van der Waals surface area contributed by atoms with E-state index in [0.717, 1.165) is 16.9 Å². The van der Waals surface area contributed by atoms with Gasteiger partial charge in [-0.2, -0.15) is 0 Å². The Balaban J connectivity index is 2.43. The van der Waals surface area contributed by atoms with Crippen molar-refractivity contribution in [2.75, 3.05) is 6.61 Å². The first-order chi connectivity index (χ1) is 7.42. The van der Waals surface area contributed by atoms with Gasteiger partial charge < -0.3 is 4.74 Å². The van der Waals surface area contributed by atoms with Gasteiger partial charge in [0.2, 0.25) is 0 Å². The van der Waals surface area contributed by atoms with Crippen LogP contribution in [0.1, 0.15) is 6.92 Å². The predicted octanol–water partition coefficient (Wildman–Crippen LogP) is 2.95. The highest BCUT2D eigenvalue weighted by Crippen LogP contribution is 2.28. The molecule has 0 aliphatic carbocycles. The lowest BCUT2D eigenvalue weighted by Crippen LogP contribution is -1.93. The van der Waals surface area contributed by atoms with Crippen LogP contribution in [-0.4, -0.2) is 11.6 Å². The Bertz CT molecular complexity index is 426. The molecule has 0 saturated heterocycles. The van der Waals surface area contributed by atoms with Crippen LogP contribution in [0.15, 0.2) is 42.6 Å². The van der Waals surface area contributed by atoms with E-state index in [1.165, 1.54) is 0 Å². The smallest absolute Gasteiger partial charge is 0.127 e. The van der Waals surface area contributed by atoms with Gasteiger partial charge in [-0.15, -0.1) is 0 Å². The van der Waals surface area contributed by atoms with Gasteiger partial charge in [-0.05, 0) is 19.1 Å². The van der Waals surface area contributed by atoms with Crippen LogP contribution in [0.2, 0.25) is 0 Å². The molecule has 0 fully saturated rings. The summed E-state index contributed by atoms with van der Waals surface area (Å²) in [5, 5.41) is 0. The molecule has 1 aromatic heterocycles. The molecule has 0 atom stereocenters. The van der Waals surface area contributed by atoms with Gasteiger partial charge in [0.15, 0.2) is 0 Å². The molecule has 0 amide bonds. The molecule has 2 rings (SSSR count). The number of nitrogens with zero attached hydrogens (tertiary/aromatic N) is 1. The molecule has 15 heavy (non-hydrogen) atoms. The second-order valence-corrected chi connectivity index (χ2v) is 3.09. The van der Waals surface area contributed by atoms with E-state index < -0.39 is 0 Å². The number of hydrogen-bond donors (Lipinski definition) is 0. The molecule has 0 aliphatic heterocycles. The molecule has 0 bridgehead atoms. The van der Waals surface area contributed by atoms with Crippen molar-refractivity contribution in [1.82, 2.24) is 4.98 Å². The summed E-state index contributed by atoms with van der Waals surface area (Å²) in [6.07, 6.45) is 4.67. The molecule has 2 heteroatoms. The van der Waals surface area contributed by atoms with E-state index in [-0.39, 0.29) is 0 Å². The Morgan fingerprint density at radius 3 is 2.80 bits per heavy atom. The lowest BCUT2D eigenvalue weighted by molar-refractivity contribution is 0.341. The van der Waals surface area contributed by atoms with E-state index in [2.05, 4.69) is 11.2 Å². The number of rotatable bonds is 3. The average molecular weight is 198 g/mol. The maximum absolute atomic E-state index is 5.54. The number of aromatic nitrogens is 1. The van der Waals surface area contributed by atoms with Crippen LogP contribution in [0.25, 0.3) is 11.1 Å². The van der Waals surface area contributed by atoms with E-state index in [1.807, 2.05) is 43.3 Å². The van der Waals surface area contributed by atoms with E-state index in [4.69, 9.17) is 4.74 Å². The van der Waals surface area contributed by atoms with Crippen molar-refractivity contribution in [2.24, 2.45) is 0 Å². The Labute approximate surface area is 89.6 Å². The maximum Gasteiger partial charge on any atom is 0.127 e. The highest BCUT2D eigenvalue weighted by atomic mass is 16.5. The van der Waals surface area contributed by atoms with Gasteiger partial charge in [-0.1, -0.05) is 24.3 Å². The molecule has 0 aliphatic rings. The summed E-state index contributed by atoms with van der Waals surface area (Å²) in [6.45, 7) is 2.64. The zero-order valence-corrected chi connectivity index (χ0v) is 8.60. The molecule has 2 nitrogen and oxygen atoms in total. The molecule has 1 aromatic carbocycles. The zero-order chi connectivity index (χ0) is 10.5. The minimum atomic E-state index is 0.664. The molecule has 0 N–H and O–H groups in total. The summed E-state index contributed by atoms with van der Waals surface area (Å²) < 4.78 is 5.54. The van der Waals surface area contributed by atoms with Crippen LogP contribution in [-0.2, 0) is 0 Å². The van der Waals surface area contributed by atoms with Crippen LogP contribution in [0.4, 0.5) is 0 Å². The highest BCUT2D eigenvalue weighted by molar-refractivity contribution is 5.68. The molecule has 75 valence electrons. The fraction of sp³-hybridized carbons (Fsp3) is 0.154. The van der Waals surface area contributed by atoms with Gasteiger partial charge in [0.1, 0.15) is 5.75 Å². The topological polar surface area (TPSA) is 22.1 Å². The fourth-order valence-corrected chi connectivity index (χ4v) is 1.45. The Kier molecular flexibility index (Phi) is 2.98. The molecular formula is C13H12NO. The number of hydrogen-bond acceptors (Lipinski definition) is 2. The quantitative estimate of drug-likeness (QED) is 0.756. The first-order valence-electron chi connectivity index (χ1n) is 4.96. The fourth-order valence-electron chi connectivity index (χ4n) is 1.45. The van der Waals surface area contributed by atoms with Crippen molar-refractivity contribution in [3.05, 3.63) is 48.8 Å². The zero-order valence-electron chi connectivity index (χ0n) is 8.60. The van der Waals surface area contributed by atoms with E-state index in [9.17, 15) is 0 Å². The van der Waals surface area contributed by atoms with Crippen molar-refractivity contribution >= 4 is 0 Å². The first-order valence-corrected chi connectivity index (χ1v) is 4.96. The molecule has 0 saturated carbocycles. The largest absolute Gasteiger partial charge is 0.493 e. The van der Waals surface area contributed by atoms with Crippen LogP contribution < -0.4 is 4.74 Å². The van der Waals surface area contributed by atoms with Crippen molar-refractivity contribution in [2.45, 2.75) is 6.92 Å². The number of benzene rings is 1. The Morgan fingerprint density at radius 2 is 2.07 bits per heavy atom. The van der Waals surface area contributed by atoms with Gasteiger partial charge >= 0.3 is 0 Å². The number of pyridine rings is 1. The van der Waals surface area contributed by atoms with Gasteiger partial charge in [0, 0.05) is 17.3 Å². The summed E-state index contributed by atoms with van der Waals surface area (Å²) >= 11 is 0. The third-order valence-corrected chi connectivity index (χ3v) is 2.09. The molecule has 1 radical (unpaired) electrons. The van der Waals surface area contributed by atoms with E-state index in [1.54, 1.807) is 6.20 Å². The van der Waals surface area contributed by atoms with Gasteiger partial charge in [-0.25, -0.2) is 0 Å².